The molecule has 0 radical (unpaired) electrons. The molecule has 0 spiro atoms. The topological polar surface area (TPSA) is 78.3 Å². The van der Waals surface area contributed by atoms with Crippen LogP contribution < -0.4 is 10.1 Å². The van der Waals surface area contributed by atoms with Gasteiger partial charge in [0.05, 0.1) is 11.9 Å². The molecule has 1 fully saturated rings. The van der Waals surface area contributed by atoms with Gasteiger partial charge < -0.3 is 19.4 Å². The second kappa shape index (κ2) is 7.92. The Morgan fingerprint density at radius 2 is 2.17 bits per heavy atom. The molecule has 1 aliphatic rings. The van der Waals surface area contributed by atoms with Crippen LogP contribution >= 0.6 is 0 Å². The summed E-state index contributed by atoms with van der Waals surface area (Å²) in [6, 6.07) is 3.57. The summed E-state index contributed by atoms with van der Waals surface area (Å²) in [4.78, 5) is 20.2. The van der Waals surface area contributed by atoms with Crippen LogP contribution in [0.5, 0.6) is 5.88 Å². The molecule has 2 aromatic rings. The molecule has 1 amide bonds. The lowest BCUT2D eigenvalue weighted by atomic mass is 10.3. The number of aryl methyl sites for hydroxylation is 1. The third kappa shape index (κ3) is 4.55. The summed E-state index contributed by atoms with van der Waals surface area (Å²) in [6.45, 7) is 0.260. The van der Waals surface area contributed by atoms with E-state index in [1.807, 2.05) is 17.8 Å². The molecule has 0 saturated heterocycles. The fraction of sp³-hybridized carbons (Fsp3) is 0.471. The van der Waals surface area contributed by atoms with Crippen LogP contribution in [0.15, 0.2) is 30.7 Å². The molecular formula is C17H22N4O3. The van der Waals surface area contributed by atoms with Gasteiger partial charge in [-0.25, -0.2) is 9.97 Å². The zero-order valence-corrected chi connectivity index (χ0v) is 13.8. The quantitative estimate of drug-likeness (QED) is 0.843. The van der Waals surface area contributed by atoms with Crippen molar-refractivity contribution in [3.63, 3.8) is 0 Å². The van der Waals surface area contributed by atoms with Crippen molar-refractivity contribution in [2.75, 3.05) is 11.9 Å². The molecule has 2 aromatic heterocycles. The molecule has 0 unspecified atom stereocenters. The number of ether oxygens (including phenoxy) is 2. The standard InChI is InChI=1S/C17H22N4O3/c1-21-9-8-18-15(21)11-23-12-16(22)20-13-6-7-17(19-10-13)24-14-4-2-3-5-14/h6-10,14H,2-5,11-12H2,1H3,(H,20,22). The molecular weight excluding hydrogens is 308 g/mol. The number of anilines is 1. The smallest absolute Gasteiger partial charge is 0.250 e. The highest BCUT2D eigenvalue weighted by Gasteiger charge is 2.16. The van der Waals surface area contributed by atoms with E-state index in [-0.39, 0.29) is 18.6 Å². The summed E-state index contributed by atoms with van der Waals surface area (Å²) in [5.74, 6) is 1.15. The maximum atomic E-state index is 11.9. The van der Waals surface area contributed by atoms with Crippen molar-refractivity contribution in [2.45, 2.75) is 38.4 Å². The predicted octanol–water partition coefficient (Wildman–Crippen LogP) is 2.29. The van der Waals surface area contributed by atoms with Crippen LogP contribution in [-0.2, 0) is 23.2 Å². The number of aromatic nitrogens is 3. The second-order valence-corrected chi connectivity index (χ2v) is 5.90. The Balaban J connectivity index is 1.41. The number of pyridine rings is 1. The van der Waals surface area contributed by atoms with Gasteiger partial charge in [0.15, 0.2) is 0 Å². The number of carbonyl (C=O) groups is 1. The minimum Gasteiger partial charge on any atom is -0.474 e. The molecule has 1 saturated carbocycles. The fourth-order valence-corrected chi connectivity index (χ4v) is 2.67. The van der Waals surface area contributed by atoms with Crippen molar-refractivity contribution in [3.05, 3.63) is 36.5 Å². The molecule has 7 nitrogen and oxygen atoms in total. The van der Waals surface area contributed by atoms with Gasteiger partial charge in [0.1, 0.15) is 25.1 Å². The summed E-state index contributed by atoms with van der Waals surface area (Å²) in [5, 5.41) is 2.75. The van der Waals surface area contributed by atoms with Crippen LogP contribution in [-0.4, -0.2) is 33.2 Å². The van der Waals surface area contributed by atoms with Gasteiger partial charge in [-0.3, -0.25) is 4.79 Å². The number of hydrogen-bond acceptors (Lipinski definition) is 5. The molecule has 0 atom stereocenters. The van der Waals surface area contributed by atoms with E-state index >= 15 is 0 Å². The van der Waals surface area contributed by atoms with Crippen LogP contribution in [0.3, 0.4) is 0 Å². The molecule has 0 aliphatic heterocycles. The molecule has 0 aromatic carbocycles. The number of rotatable bonds is 7. The molecule has 0 bridgehead atoms. The molecule has 24 heavy (non-hydrogen) atoms. The Kier molecular flexibility index (Phi) is 5.43. The first-order chi connectivity index (χ1) is 11.7. The number of carbonyl (C=O) groups excluding carboxylic acids is 1. The van der Waals surface area contributed by atoms with Crippen molar-refractivity contribution in [2.24, 2.45) is 7.05 Å². The van der Waals surface area contributed by atoms with Gasteiger partial charge in [0.25, 0.3) is 0 Å². The zero-order valence-electron chi connectivity index (χ0n) is 13.8. The summed E-state index contributed by atoms with van der Waals surface area (Å²) in [6.07, 6.45) is 10.0. The number of nitrogens with zero attached hydrogens (tertiary/aromatic N) is 3. The van der Waals surface area contributed by atoms with E-state index in [4.69, 9.17) is 9.47 Å². The van der Waals surface area contributed by atoms with Crippen LogP contribution in [0.2, 0.25) is 0 Å². The molecule has 3 rings (SSSR count). The fourth-order valence-electron chi connectivity index (χ4n) is 2.67. The Morgan fingerprint density at radius 3 is 2.83 bits per heavy atom. The van der Waals surface area contributed by atoms with E-state index in [0.717, 1.165) is 18.7 Å². The van der Waals surface area contributed by atoms with Gasteiger partial charge >= 0.3 is 0 Å². The maximum absolute atomic E-state index is 11.9. The van der Waals surface area contributed by atoms with E-state index in [2.05, 4.69) is 15.3 Å². The van der Waals surface area contributed by atoms with Crippen LogP contribution in [0, 0.1) is 0 Å². The molecule has 2 heterocycles. The minimum absolute atomic E-state index is 0.0345. The Morgan fingerprint density at radius 1 is 1.33 bits per heavy atom. The van der Waals surface area contributed by atoms with Crippen LogP contribution in [0.4, 0.5) is 5.69 Å². The molecule has 7 heteroatoms. The minimum atomic E-state index is -0.226. The van der Waals surface area contributed by atoms with Gasteiger partial charge in [-0.15, -0.1) is 0 Å². The molecule has 1 aliphatic carbocycles. The van der Waals surface area contributed by atoms with Gasteiger partial charge in [-0.2, -0.15) is 0 Å². The average Bonchev–Trinajstić information content (AvgIpc) is 3.22. The Bertz CT molecular complexity index is 663. The van der Waals surface area contributed by atoms with E-state index in [1.54, 1.807) is 24.5 Å². The van der Waals surface area contributed by atoms with E-state index < -0.39 is 0 Å². The summed E-state index contributed by atoms with van der Waals surface area (Å²) in [7, 11) is 1.88. The SMILES string of the molecule is Cn1ccnc1COCC(=O)Nc1ccc(OC2CCCC2)nc1. The number of nitrogens with one attached hydrogen (secondary N) is 1. The lowest BCUT2D eigenvalue weighted by Crippen LogP contribution is -2.19. The second-order valence-electron chi connectivity index (χ2n) is 5.90. The van der Waals surface area contributed by atoms with Crippen molar-refractivity contribution in [1.82, 2.24) is 14.5 Å². The Hall–Kier alpha value is -2.41. The third-order valence-electron chi connectivity index (χ3n) is 3.99. The van der Waals surface area contributed by atoms with Gasteiger partial charge in [0.2, 0.25) is 11.8 Å². The van der Waals surface area contributed by atoms with Crippen molar-refractivity contribution >= 4 is 11.6 Å². The first-order valence-electron chi connectivity index (χ1n) is 8.17. The third-order valence-corrected chi connectivity index (χ3v) is 3.99. The first-order valence-corrected chi connectivity index (χ1v) is 8.17. The summed E-state index contributed by atoms with van der Waals surface area (Å²) in [5.41, 5.74) is 0.624. The summed E-state index contributed by atoms with van der Waals surface area (Å²) < 4.78 is 13.0. The van der Waals surface area contributed by atoms with E-state index in [1.165, 1.54) is 12.8 Å². The predicted molar refractivity (Wildman–Crippen MR) is 88.6 cm³/mol. The zero-order chi connectivity index (χ0) is 16.8. The highest BCUT2D eigenvalue weighted by Crippen LogP contribution is 2.23. The maximum Gasteiger partial charge on any atom is 0.250 e. The largest absolute Gasteiger partial charge is 0.474 e. The lowest BCUT2D eigenvalue weighted by molar-refractivity contribution is -0.121. The highest BCUT2D eigenvalue weighted by atomic mass is 16.5. The lowest BCUT2D eigenvalue weighted by Gasteiger charge is -2.12. The average molecular weight is 330 g/mol. The summed E-state index contributed by atoms with van der Waals surface area (Å²) >= 11 is 0. The van der Waals surface area contributed by atoms with Crippen LogP contribution in [0.25, 0.3) is 0 Å². The first kappa shape index (κ1) is 16.4. The normalized spacial score (nSPS) is 14.7. The van der Waals surface area contributed by atoms with Crippen molar-refractivity contribution in [3.8, 4) is 5.88 Å². The van der Waals surface area contributed by atoms with Gasteiger partial charge in [0, 0.05) is 25.5 Å². The van der Waals surface area contributed by atoms with Gasteiger partial charge in [-0.1, -0.05) is 0 Å². The number of hydrogen-bond donors (Lipinski definition) is 1. The highest BCUT2D eigenvalue weighted by molar-refractivity contribution is 5.91. The van der Waals surface area contributed by atoms with Crippen LogP contribution in [0.1, 0.15) is 31.5 Å². The monoisotopic (exact) mass is 330 g/mol. The number of amides is 1. The van der Waals surface area contributed by atoms with E-state index in [9.17, 15) is 4.79 Å². The Labute approximate surface area is 141 Å². The number of imidazole rings is 1. The van der Waals surface area contributed by atoms with Gasteiger partial charge in [-0.05, 0) is 31.7 Å². The van der Waals surface area contributed by atoms with Crippen molar-refractivity contribution in [1.29, 1.82) is 0 Å². The molecule has 128 valence electrons. The van der Waals surface area contributed by atoms with E-state index in [0.29, 0.717) is 18.2 Å². The molecule has 1 N–H and O–H groups in total. The van der Waals surface area contributed by atoms with Crippen molar-refractivity contribution < 1.29 is 14.3 Å².